The lowest BCUT2D eigenvalue weighted by Gasteiger charge is -2.13. The fourth-order valence-electron chi connectivity index (χ4n) is 2.36. The van der Waals surface area contributed by atoms with E-state index in [1.54, 1.807) is 24.3 Å². The van der Waals surface area contributed by atoms with Crippen LogP contribution in [0, 0.1) is 32.1 Å². The molecule has 0 radical (unpaired) electrons. The van der Waals surface area contributed by atoms with Gasteiger partial charge in [0, 0.05) is 5.69 Å². The first-order valence-electron chi connectivity index (χ1n) is 7.00. The molecule has 1 amide bonds. The van der Waals surface area contributed by atoms with Crippen molar-refractivity contribution in [3.05, 3.63) is 58.7 Å². The van der Waals surface area contributed by atoms with E-state index in [2.05, 4.69) is 5.32 Å². The Bertz CT molecular complexity index is 722. The second-order valence-corrected chi connectivity index (χ2v) is 5.25. The van der Waals surface area contributed by atoms with Crippen LogP contribution >= 0.6 is 0 Å². The lowest BCUT2D eigenvalue weighted by molar-refractivity contribution is -0.118. The highest BCUT2D eigenvalue weighted by atomic mass is 16.5. The van der Waals surface area contributed by atoms with Crippen molar-refractivity contribution in [2.24, 2.45) is 0 Å². The fourth-order valence-corrected chi connectivity index (χ4v) is 2.36. The molecule has 0 saturated carbocycles. The average molecular weight is 294 g/mol. The van der Waals surface area contributed by atoms with E-state index in [1.165, 1.54) is 0 Å². The topological polar surface area (TPSA) is 62.1 Å². The quantitative estimate of drug-likeness (QED) is 0.938. The predicted molar refractivity (Wildman–Crippen MR) is 85.9 cm³/mol. The van der Waals surface area contributed by atoms with Gasteiger partial charge in [0.05, 0.1) is 11.6 Å². The smallest absolute Gasteiger partial charge is 0.262 e. The van der Waals surface area contributed by atoms with Crippen LogP contribution in [-0.4, -0.2) is 12.5 Å². The first-order valence-corrected chi connectivity index (χ1v) is 7.00. The molecule has 0 spiro atoms. The van der Waals surface area contributed by atoms with Crippen LogP contribution in [0.4, 0.5) is 5.69 Å². The summed E-state index contributed by atoms with van der Waals surface area (Å²) < 4.78 is 5.42. The largest absolute Gasteiger partial charge is 0.484 e. The minimum atomic E-state index is -0.225. The number of amides is 1. The zero-order valence-electron chi connectivity index (χ0n) is 12.9. The summed E-state index contributed by atoms with van der Waals surface area (Å²) in [6, 6.07) is 12.8. The van der Waals surface area contributed by atoms with Gasteiger partial charge in [-0.25, -0.2) is 0 Å². The molecule has 0 fully saturated rings. The van der Waals surface area contributed by atoms with Crippen LogP contribution in [0.1, 0.15) is 22.3 Å². The Hall–Kier alpha value is -2.80. The summed E-state index contributed by atoms with van der Waals surface area (Å²) in [5.41, 5.74) is 4.54. The molecule has 0 aliphatic heterocycles. The predicted octanol–water partition coefficient (Wildman–Crippen LogP) is 3.50. The van der Waals surface area contributed by atoms with Gasteiger partial charge in [0.1, 0.15) is 5.75 Å². The van der Waals surface area contributed by atoms with Crippen molar-refractivity contribution in [1.82, 2.24) is 0 Å². The summed E-state index contributed by atoms with van der Waals surface area (Å²) in [5, 5.41) is 11.7. The van der Waals surface area contributed by atoms with Gasteiger partial charge in [-0.2, -0.15) is 5.26 Å². The summed E-state index contributed by atoms with van der Waals surface area (Å²) in [6.45, 7) is 5.86. The van der Waals surface area contributed by atoms with Crippen molar-refractivity contribution in [3.63, 3.8) is 0 Å². The van der Waals surface area contributed by atoms with Crippen molar-refractivity contribution in [2.75, 3.05) is 11.9 Å². The van der Waals surface area contributed by atoms with E-state index in [4.69, 9.17) is 10.00 Å². The zero-order chi connectivity index (χ0) is 16.1. The molecule has 0 aliphatic carbocycles. The van der Waals surface area contributed by atoms with Gasteiger partial charge < -0.3 is 10.1 Å². The van der Waals surface area contributed by atoms with Gasteiger partial charge in [-0.1, -0.05) is 23.8 Å². The molecule has 4 nitrogen and oxygen atoms in total. The summed E-state index contributed by atoms with van der Waals surface area (Å²) in [6.07, 6.45) is 0. The highest BCUT2D eigenvalue weighted by molar-refractivity contribution is 5.93. The van der Waals surface area contributed by atoms with Gasteiger partial charge in [0.15, 0.2) is 6.61 Å². The van der Waals surface area contributed by atoms with E-state index in [1.807, 2.05) is 39.0 Å². The third-order valence-electron chi connectivity index (χ3n) is 3.27. The summed E-state index contributed by atoms with van der Waals surface area (Å²) in [7, 11) is 0. The van der Waals surface area contributed by atoms with Crippen molar-refractivity contribution in [2.45, 2.75) is 20.8 Å². The zero-order valence-corrected chi connectivity index (χ0v) is 12.9. The monoisotopic (exact) mass is 294 g/mol. The molecule has 22 heavy (non-hydrogen) atoms. The Labute approximate surface area is 130 Å². The minimum absolute atomic E-state index is 0.0956. The molecule has 0 aromatic heterocycles. The number of nitrogens with one attached hydrogen (secondary N) is 1. The first kappa shape index (κ1) is 15.6. The number of nitrogens with zero attached hydrogens (tertiary/aromatic N) is 1. The van der Waals surface area contributed by atoms with Crippen LogP contribution in [0.2, 0.25) is 0 Å². The molecule has 0 aliphatic rings. The minimum Gasteiger partial charge on any atom is -0.484 e. The maximum atomic E-state index is 12.0. The number of hydrogen-bond donors (Lipinski definition) is 1. The van der Waals surface area contributed by atoms with E-state index in [0.29, 0.717) is 11.3 Å². The molecule has 4 heteroatoms. The number of benzene rings is 2. The molecule has 0 saturated heterocycles. The maximum absolute atomic E-state index is 12.0. The third-order valence-corrected chi connectivity index (χ3v) is 3.27. The Morgan fingerprint density at radius 2 is 1.86 bits per heavy atom. The lowest BCUT2D eigenvalue weighted by Crippen LogP contribution is -2.21. The fraction of sp³-hybridized carbons (Fsp3) is 0.222. The van der Waals surface area contributed by atoms with Gasteiger partial charge >= 0.3 is 0 Å². The van der Waals surface area contributed by atoms with E-state index in [9.17, 15) is 4.79 Å². The molecule has 0 heterocycles. The number of ether oxygens (including phenoxy) is 1. The van der Waals surface area contributed by atoms with Gasteiger partial charge in [-0.15, -0.1) is 0 Å². The first-order chi connectivity index (χ1) is 10.5. The number of nitriles is 1. The van der Waals surface area contributed by atoms with E-state index < -0.39 is 0 Å². The van der Waals surface area contributed by atoms with Gasteiger partial charge in [-0.05, 0) is 50.1 Å². The van der Waals surface area contributed by atoms with Crippen LogP contribution in [0.5, 0.6) is 5.75 Å². The molecule has 112 valence electrons. The Kier molecular flexibility index (Phi) is 4.80. The molecule has 1 N–H and O–H groups in total. The van der Waals surface area contributed by atoms with Crippen molar-refractivity contribution in [1.29, 1.82) is 5.26 Å². The molecule has 2 aromatic carbocycles. The lowest BCUT2D eigenvalue weighted by atomic mass is 10.1. The average Bonchev–Trinajstić information content (AvgIpc) is 2.49. The van der Waals surface area contributed by atoms with Crippen molar-refractivity contribution < 1.29 is 9.53 Å². The second-order valence-electron chi connectivity index (χ2n) is 5.25. The van der Waals surface area contributed by atoms with Crippen LogP contribution in [-0.2, 0) is 4.79 Å². The SMILES string of the molecule is Cc1cc(C)c(NC(=O)COc2cccc(C#N)c2)c(C)c1. The van der Waals surface area contributed by atoms with Crippen LogP contribution in [0.25, 0.3) is 0 Å². The number of hydrogen-bond acceptors (Lipinski definition) is 3. The van der Waals surface area contributed by atoms with E-state index >= 15 is 0 Å². The summed E-state index contributed by atoms with van der Waals surface area (Å²) >= 11 is 0. The van der Waals surface area contributed by atoms with Crippen LogP contribution < -0.4 is 10.1 Å². The molecular formula is C18H18N2O2. The van der Waals surface area contributed by atoms with Crippen molar-refractivity contribution >= 4 is 11.6 Å². The van der Waals surface area contributed by atoms with Crippen molar-refractivity contribution in [3.8, 4) is 11.8 Å². The number of carbonyl (C=O) groups excluding carboxylic acids is 1. The normalized spacial score (nSPS) is 9.91. The van der Waals surface area contributed by atoms with Gasteiger partial charge in [0.2, 0.25) is 0 Å². The standard InChI is InChI=1S/C18H18N2O2/c1-12-7-13(2)18(14(3)8-12)20-17(21)11-22-16-6-4-5-15(9-16)10-19/h4-9H,11H2,1-3H3,(H,20,21). The number of anilines is 1. The molecule has 0 unspecified atom stereocenters. The Morgan fingerprint density at radius 1 is 1.18 bits per heavy atom. The maximum Gasteiger partial charge on any atom is 0.262 e. The molecule has 0 bridgehead atoms. The van der Waals surface area contributed by atoms with E-state index in [-0.39, 0.29) is 12.5 Å². The number of rotatable bonds is 4. The molecular weight excluding hydrogens is 276 g/mol. The summed E-state index contributed by atoms with van der Waals surface area (Å²) in [4.78, 5) is 12.0. The van der Waals surface area contributed by atoms with Crippen LogP contribution in [0.15, 0.2) is 36.4 Å². The Morgan fingerprint density at radius 3 is 2.50 bits per heavy atom. The van der Waals surface area contributed by atoms with Gasteiger partial charge in [-0.3, -0.25) is 4.79 Å². The van der Waals surface area contributed by atoms with Crippen LogP contribution in [0.3, 0.4) is 0 Å². The number of aryl methyl sites for hydroxylation is 3. The number of carbonyl (C=O) groups is 1. The molecule has 2 rings (SSSR count). The van der Waals surface area contributed by atoms with E-state index in [0.717, 1.165) is 22.4 Å². The summed E-state index contributed by atoms with van der Waals surface area (Å²) in [5.74, 6) is 0.281. The highest BCUT2D eigenvalue weighted by Gasteiger charge is 2.09. The third kappa shape index (κ3) is 3.86. The van der Waals surface area contributed by atoms with Gasteiger partial charge in [0.25, 0.3) is 5.91 Å². The highest BCUT2D eigenvalue weighted by Crippen LogP contribution is 2.22. The molecule has 0 atom stereocenters. The molecule has 2 aromatic rings. The Balaban J connectivity index is 2.00. The second kappa shape index (κ2) is 6.77.